The quantitative estimate of drug-likeness (QED) is 0.384. The Morgan fingerprint density at radius 2 is 1.44 bits per heavy atom. The van der Waals surface area contributed by atoms with Crippen molar-refractivity contribution in [2.45, 2.75) is 63.7 Å². The first-order valence-electron chi connectivity index (χ1n) is 11.7. The Morgan fingerprint density at radius 1 is 0.872 bits per heavy atom. The lowest BCUT2D eigenvalue weighted by Crippen LogP contribution is -2.48. The molecule has 0 spiro atoms. The van der Waals surface area contributed by atoms with E-state index in [0.717, 1.165) is 18.2 Å². The van der Waals surface area contributed by atoms with E-state index in [1.807, 2.05) is 0 Å². The Bertz CT molecular complexity index is 1190. The second-order valence-corrected chi connectivity index (χ2v) is 8.85. The van der Waals surface area contributed by atoms with Gasteiger partial charge in [-0.3, -0.25) is 9.69 Å². The van der Waals surface area contributed by atoms with Crippen molar-refractivity contribution in [2.75, 3.05) is 11.5 Å². The summed E-state index contributed by atoms with van der Waals surface area (Å²) in [5, 5.41) is 2.43. The van der Waals surface area contributed by atoms with Crippen molar-refractivity contribution in [3.63, 3.8) is 0 Å². The van der Waals surface area contributed by atoms with Crippen LogP contribution in [-0.2, 0) is 34.5 Å². The van der Waals surface area contributed by atoms with Gasteiger partial charge in [0.15, 0.2) is 0 Å². The van der Waals surface area contributed by atoms with Gasteiger partial charge in [-0.1, -0.05) is 6.92 Å². The highest BCUT2D eigenvalue weighted by Crippen LogP contribution is 2.42. The molecule has 1 N–H and O–H groups in total. The Balaban J connectivity index is 1.99. The average molecular weight is 570 g/mol. The van der Waals surface area contributed by atoms with Crippen molar-refractivity contribution in [3.8, 4) is 0 Å². The third-order valence-electron chi connectivity index (χ3n) is 6.15. The van der Waals surface area contributed by atoms with Crippen molar-refractivity contribution < 1.29 is 53.8 Å². The molecular weight excluding hydrogens is 547 g/mol. The zero-order chi connectivity index (χ0) is 29.3. The summed E-state index contributed by atoms with van der Waals surface area (Å²) in [5.74, 6) is -1.02. The lowest BCUT2D eigenvalue weighted by atomic mass is 9.88. The second-order valence-electron chi connectivity index (χ2n) is 8.85. The van der Waals surface area contributed by atoms with Gasteiger partial charge < -0.3 is 10.1 Å². The molecule has 3 rings (SSSR count). The van der Waals surface area contributed by atoms with E-state index in [9.17, 15) is 49.1 Å². The lowest BCUT2D eigenvalue weighted by Gasteiger charge is -2.40. The number of carbonyl (C=O) groups is 2. The number of rotatable bonds is 5. The molecule has 5 nitrogen and oxygen atoms in total. The van der Waals surface area contributed by atoms with E-state index < -0.39 is 71.3 Å². The van der Waals surface area contributed by atoms with Gasteiger partial charge in [-0.05, 0) is 67.3 Å². The van der Waals surface area contributed by atoms with Gasteiger partial charge in [0.25, 0.3) is 0 Å². The van der Waals surface area contributed by atoms with Crippen LogP contribution in [0.3, 0.4) is 0 Å². The molecular formula is C25H23F9N2O3. The highest BCUT2D eigenvalue weighted by atomic mass is 19.4. The largest absolute Gasteiger partial charge is 0.449 e. The molecule has 1 aliphatic heterocycles. The lowest BCUT2D eigenvalue weighted by molar-refractivity contribution is -0.143. The minimum absolute atomic E-state index is 0.0151. The Kier molecular flexibility index (Phi) is 8.46. The summed E-state index contributed by atoms with van der Waals surface area (Å²) in [6.45, 7) is 3.21. The molecule has 1 aliphatic rings. The number of benzene rings is 2. The monoisotopic (exact) mass is 570 g/mol. The predicted octanol–water partition coefficient (Wildman–Crippen LogP) is 7.29. The summed E-state index contributed by atoms with van der Waals surface area (Å²) in [6.07, 6.45) is -16.5. The Hall–Kier alpha value is -3.45. The number of nitrogens with zero attached hydrogens (tertiary/aromatic N) is 1. The van der Waals surface area contributed by atoms with Crippen molar-refractivity contribution in [1.29, 1.82) is 0 Å². The SMILES string of the molecule is CCOC(=O)N1c2ccc(C(F)(F)F)cc2[C@@H](NC(=O)Cc2cc(C(F)(F)F)cc(C(F)(F)F)c2)C[C@H]1CC. The zero-order valence-corrected chi connectivity index (χ0v) is 20.5. The van der Waals surface area contributed by atoms with E-state index in [-0.39, 0.29) is 30.3 Å². The fraction of sp³-hybridized carbons (Fsp3) is 0.440. The number of carbonyl (C=O) groups excluding carboxylic acids is 2. The molecule has 0 aliphatic carbocycles. The van der Waals surface area contributed by atoms with Crippen molar-refractivity contribution in [1.82, 2.24) is 5.32 Å². The summed E-state index contributed by atoms with van der Waals surface area (Å²) >= 11 is 0. The van der Waals surface area contributed by atoms with Crippen molar-refractivity contribution >= 4 is 17.7 Å². The molecule has 0 fully saturated rings. The van der Waals surface area contributed by atoms with Gasteiger partial charge in [0.2, 0.25) is 5.91 Å². The van der Waals surface area contributed by atoms with E-state index in [0.29, 0.717) is 18.6 Å². The van der Waals surface area contributed by atoms with Crippen LogP contribution in [-0.4, -0.2) is 24.6 Å². The molecule has 14 heteroatoms. The third-order valence-corrected chi connectivity index (χ3v) is 6.15. The first kappa shape index (κ1) is 30.1. The number of fused-ring (bicyclic) bond motifs is 1. The number of amides is 2. The molecule has 0 saturated carbocycles. The summed E-state index contributed by atoms with van der Waals surface area (Å²) < 4.78 is 124. The predicted molar refractivity (Wildman–Crippen MR) is 121 cm³/mol. The van der Waals surface area contributed by atoms with Crippen LogP contribution in [0, 0.1) is 0 Å². The normalized spacial score (nSPS) is 18.0. The highest BCUT2D eigenvalue weighted by molar-refractivity contribution is 5.91. The van der Waals surface area contributed by atoms with Crippen LogP contribution in [0.25, 0.3) is 0 Å². The molecule has 2 atom stereocenters. The summed E-state index contributed by atoms with van der Waals surface area (Å²) in [4.78, 5) is 26.6. The van der Waals surface area contributed by atoms with E-state index in [2.05, 4.69) is 5.32 Å². The van der Waals surface area contributed by atoms with Crippen molar-refractivity contribution in [3.05, 3.63) is 64.2 Å². The Morgan fingerprint density at radius 3 is 1.92 bits per heavy atom. The van der Waals surface area contributed by atoms with Gasteiger partial charge in [-0.15, -0.1) is 0 Å². The first-order chi connectivity index (χ1) is 18.0. The molecule has 39 heavy (non-hydrogen) atoms. The molecule has 214 valence electrons. The van der Waals surface area contributed by atoms with Crippen LogP contribution in [0.4, 0.5) is 50.0 Å². The summed E-state index contributed by atoms with van der Waals surface area (Å²) in [5.41, 5.74) is -4.94. The fourth-order valence-corrected chi connectivity index (χ4v) is 4.41. The molecule has 1 heterocycles. The zero-order valence-electron chi connectivity index (χ0n) is 20.5. The van der Waals surface area contributed by atoms with Crippen LogP contribution in [0.1, 0.15) is 60.5 Å². The molecule has 0 saturated heterocycles. The molecule has 2 amide bonds. The van der Waals surface area contributed by atoms with E-state index in [1.165, 1.54) is 11.8 Å². The molecule has 2 aromatic rings. The minimum Gasteiger partial charge on any atom is -0.449 e. The minimum atomic E-state index is -5.12. The Labute approximate surface area is 216 Å². The maximum atomic E-state index is 13.4. The van der Waals surface area contributed by atoms with Crippen LogP contribution < -0.4 is 10.2 Å². The summed E-state index contributed by atoms with van der Waals surface area (Å²) in [6, 6.07) is 1.52. The smallest absolute Gasteiger partial charge is 0.416 e. The third kappa shape index (κ3) is 6.95. The fourth-order valence-electron chi connectivity index (χ4n) is 4.41. The molecule has 2 aromatic carbocycles. The number of halogens is 9. The van der Waals surface area contributed by atoms with Gasteiger partial charge in [0.1, 0.15) is 0 Å². The molecule has 0 bridgehead atoms. The first-order valence-corrected chi connectivity index (χ1v) is 11.7. The molecule has 0 radical (unpaired) electrons. The van der Waals surface area contributed by atoms with E-state index in [4.69, 9.17) is 4.74 Å². The second kappa shape index (κ2) is 11.0. The van der Waals surface area contributed by atoms with Gasteiger partial charge in [-0.25, -0.2) is 4.79 Å². The van der Waals surface area contributed by atoms with Gasteiger partial charge >= 0.3 is 24.6 Å². The number of nitrogens with one attached hydrogen (secondary N) is 1. The number of anilines is 1. The highest BCUT2D eigenvalue weighted by Gasteiger charge is 2.40. The standard InChI is InChI=1S/C25H23F9N2O3/c1-3-17-12-19(18-11-14(23(26,27)28)5-6-20(18)36(17)22(38)39-4-2)35-21(37)9-13-7-15(24(29,30)31)10-16(8-13)25(32,33)34/h5-8,10-11,17,19H,3-4,9,12H2,1-2H3,(H,35,37)/t17-,19+/m1/s1. The maximum Gasteiger partial charge on any atom is 0.416 e. The van der Waals surface area contributed by atoms with Crippen molar-refractivity contribution in [2.24, 2.45) is 0 Å². The van der Waals surface area contributed by atoms with Crippen LogP contribution in [0.15, 0.2) is 36.4 Å². The maximum absolute atomic E-state index is 13.4. The van der Waals surface area contributed by atoms with E-state index in [1.54, 1.807) is 6.92 Å². The van der Waals surface area contributed by atoms with Gasteiger partial charge in [0, 0.05) is 6.04 Å². The van der Waals surface area contributed by atoms with Crippen LogP contribution in [0.5, 0.6) is 0 Å². The summed E-state index contributed by atoms with van der Waals surface area (Å²) in [7, 11) is 0. The van der Waals surface area contributed by atoms with Crippen LogP contribution >= 0.6 is 0 Å². The molecule has 0 aromatic heterocycles. The van der Waals surface area contributed by atoms with E-state index >= 15 is 0 Å². The molecule has 0 unspecified atom stereocenters. The number of alkyl halides is 9. The van der Waals surface area contributed by atoms with Gasteiger partial charge in [0.05, 0.1) is 41.4 Å². The number of hydrogen-bond donors (Lipinski definition) is 1. The average Bonchev–Trinajstić information content (AvgIpc) is 2.81. The van der Waals surface area contributed by atoms with Crippen LogP contribution in [0.2, 0.25) is 0 Å². The number of ether oxygens (including phenoxy) is 1. The number of hydrogen-bond acceptors (Lipinski definition) is 3. The van der Waals surface area contributed by atoms with Gasteiger partial charge in [-0.2, -0.15) is 39.5 Å². The topological polar surface area (TPSA) is 58.6 Å².